The molecule has 1 amide bonds. The van der Waals surface area contributed by atoms with Crippen molar-refractivity contribution in [3.8, 4) is 5.75 Å². The van der Waals surface area contributed by atoms with Gasteiger partial charge in [0.15, 0.2) is 0 Å². The van der Waals surface area contributed by atoms with Crippen molar-refractivity contribution >= 4 is 27.3 Å². The lowest BCUT2D eigenvalue weighted by atomic mass is 10.2. The minimum atomic E-state index is -3.33. The highest BCUT2D eigenvalue weighted by Crippen LogP contribution is 2.19. The van der Waals surface area contributed by atoms with Gasteiger partial charge in [-0.05, 0) is 48.5 Å². The van der Waals surface area contributed by atoms with E-state index in [1.807, 2.05) is 0 Å². The molecule has 1 N–H and O–H groups in total. The Kier molecular flexibility index (Phi) is 5.82. The van der Waals surface area contributed by atoms with Crippen LogP contribution in [0.25, 0.3) is 0 Å². The van der Waals surface area contributed by atoms with Crippen molar-refractivity contribution in [3.63, 3.8) is 0 Å². The van der Waals surface area contributed by atoms with Gasteiger partial charge in [0.25, 0.3) is 5.91 Å². The lowest BCUT2D eigenvalue weighted by Crippen LogP contribution is -2.24. The van der Waals surface area contributed by atoms with Gasteiger partial charge in [0, 0.05) is 18.3 Å². The predicted molar refractivity (Wildman–Crippen MR) is 99.8 cm³/mol. The molecule has 2 rings (SSSR count). The van der Waals surface area contributed by atoms with Gasteiger partial charge >= 0.3 is 0 Å². The summed E-state index contributed by atoms with van der Waals surface area (Å²) < 4.78 is 29.6. The van der Waals surface area contributed by atoms with Crippen LogP contribution in [0.4, 0.5) is 11.4 Å². The van der Waals surface area contributed by atoms with Crippen LogP contribution in [0.5, 0.6) is 5.75 Å². The first-order chi connectivity index (χ1) is 11.8. The minimum absolute atomic E-state index is 0.284. The first-order valence-electron chi connectivity index (χ1n) is 7.50. The van der Waals surface area contributed by atoms with Crippen molar-refractivity contribution in [1.29, 1.82) is 0 Å². The number of sulfonamides is 1. The summed E-state index contributed by atoms with van der Waals surface area (Å²) in [5.41, 5.74) is 1.55. The number of hydrogen-bond donors (Lipinski definition) is 1. The minimum Gasteiger partial charge on any atom is -0.490 e. The van der Waals surface area contributed by atoms with Crippen LogP contribution in [0, 0.1) is 0 Å². The fourth-order valence-electron chi connectivity index (χ4n) is 2.01. The fraction of sp³-hybridized carbons (Fsp3) is 0.167. The van der Waals surface area contributed by atoms with Crippen LogP contribution in [0.3, 0.4) is 0 Å². The average molecular weight is 360 g/mol. The van der Waals surface area contributed by atoms with E-state index in [4.69, 9.17) is 4.74 Å². The summed E-state index contributed by atoms with van der Waals surface area (Å²) in [6.45, 7) is 3.99. The zero-order chi connectivity index (χ0) is 18.4. The van der Waals surface area contributed by atoms with E-state index in [-0.39, 0.29) is 5.91 Å². The molecule has 132 valence electrons. The maximum atomic E-state index is 12.3. The van der Waals surface area contributed by atoms with Gasteiger partial charge in [-0.1, -0.05) is 12.7 Å². The van der Waals surface area contributed by atoms with E-state index in [0.29, 0.717) is 29.3 Å². The van der Waals surface area contributed by atoms with Gasteiger partial charge < -0.3 is 10.1 Å². The molecule has 7 heteroatoms. The van der Waals surface area contributed by atoms with Gasteiger partial charge in [0.2, 0.25) is 10.0 Å². The van der Waals surface area contributed by atoms with E-state index in [9.17, 15) is 13.2 Å². The number of hydrogen-bond acceptors (Lipinski definition) is 4. The molecule has 0 aliphatic rings. The predicted octanol–water partition coefficient (Wildman–Crippen LogP) is 2.90. The number of nitrogens with zero attached hydrogens (tertiary/aromatic N) is 1. The molecule has 0 fully saturated rings. The summed E-state index contributed by atoms with van der Waals surface area (Å²) in [4.78, 5) is 12.3. The van der Waals surface area contributed by atoms with Gasteiger partial charge in [0.05, 0.1) is 11.9 Å². The largest absolute Gasteiger partial charge is 0.490 e. The van der Waals surface area contributed by atoms with E-state index in [1.54, 1.807) is 54.6 Å². The number of ether oxygens (including phenoxy) is 1. The second-order valence-electron chi connectivity index (χ2n) is 5.36. The van der Waals surface area contributed by atoms with Crippen molar-refractivity contribution < 1.29 is 17.9 Å². The molecular formula is C18H20N2O4S. The number of carbonyl (C=O) groups is 1. The Morgan fingerprint density at radius 2 is 1.76 bits per heavy atom. The third-order valence-corrected chi connectivity index (χ3v) is 4.68. The van der Waals surface area contributed by atoms with Gasteiger partial charge in [0.1, 0.15) is 12.4 Å². The Morgan fingerprint density at radius 1 is 1.16 bits per heavy atom. The van der Waals surface area contributed by atoms with Gasteiger partial charge in [-0.3, -0.25) is 9.10 Å². The molecule has 0 spiro atoms. The van der Waals surface area contributed by atoms with E-state index >= 15 is 0 Å². The lowest BCUT2D eigenvalue weighted by molar-refractivity contribution is 0.102. The molecule has 0 saturated carbocycles. The topological polar surface area (TPSA) is 75.7 Å². The molecule has 0 atom stereocenters. The Morgan fingerprint density at radius 3 is 2.28 bits per heavy atom. The number of amides is 1. The Bertz CT molecular complexity index is 844. The highest BCUT2D eigenvalue weighted by atomic mass is 32.2. The molecule has 2 aromatic carbocycles. The molecule has 0 radical (unpaired) electrons. The third kappa shape index (κ3) is 5.09. The summed E-state index contributed by atoms with van der Waals surface area (Å²) in [5, 5.41) is 2.77. The maximum absolute atomic E-state index is 12.3. The number of rotatable bonds is 7. The van der Waals surface area contributed by atoms with Crippen molar-refractivity contribution in [2.75, 3.05) is 29.5 Å². The molecule has 0 bridgehead atoms. The van der Waals surface area contributed by atoms with Crippen LogP contribution in [-0.2, 0) is 10.0 Å². The lowest BCUT2D eigenvalue weighted by Gasteiger charge is -2.16. The van der Waals surface area contributed by atoms with Gasteiger partial charge in [-0.2, -0.15) is 0 Å². The monoisotopic (exact) mass is 360 g/mol. The molecule has 0 heterocycles. The van der Waals surface area contributed by atoms with E-state index in [2.05, 4.69) is 11.9 Å². The van der Waals surface area contributed by atoms with Crippen LogP contribution in [0.15, 0.2) is 61.2 Å². The maximum Gasteiger partial charge on any atom is 0.255 e. The van der Waals surface area contributed by atoms with Crippen LogP contribution in [-0.4, -0.2) is 34.2 Å². The highest BCUT2D eigenvalue weighted by molar-refractivity contribution is 7.92. The summed E-state index contributed by atoms with van der Waals surface area (Å²) >= 11 is 0. The Hall–Kier alpha value is -2.80. The molecular weight excluding hydrogens is 340 g/mol. The number of benzene rings is 2. The zero-order valence-corrected chi connectivity index (χ0v) is 14.9. The van der Waals surface area contributed by atoms with Crippen molar-refractivity contribution in [1.82, 2.24) is 0 Å². The molecule has 0 aliphatic heterocycles. The van der Waals surface area contributed by atoms with E-state index in [0.717, 1.165) is 10.6 Å². The number of anilines is 2. The average Bonchev–Trinajstić information content (AvgIpc) is 2.60. The molecule has 0 saturated heterocycles. The molecule has 2 aromatic rings. The molecule has 0 aliphatic carbocycles. The quantitative estimate of drug-likeness (QED) is 0.771. The smallest absolute Gasteiger partial charge is 0.255 e. The summed E-state index contributed by atoms with van der Waals surface area (Å²) in [6.07, 6.45) is 2.77. The number of carbonyl (C=O) groups excluding carboxylic acids is 1. The SMILES string of the molecule is C=CCOc1ccc(NC(=O)c2ccc(N(C)S(C)(=O)=O)cc2)cc1. The van der Waals surface area contributed by atoms with Crippen LogP contribution < -0.4 is 14.4 Å². The van der Waals surface area contributed by atoms with E-state index in [1.165, 1.54) is 7.05 Å². The standard InChI is InChI=1S/C18H20N2O4S/c1-4-13-24-17-11-7-15(8-12-17)19-18(21)14-5-9-16(10-6-14)20(2)25(3,22)23/h4-12H,1,13H2,2-3H3,(H,19,21). The van der Waals surface area contributed by atoms with Gasteiger partial charge in [-0.15, -0.1) is 0 Å². The molecule has 25 heavy (non-hydrogen) atoms. The fourth-order valence-corrected chi connectivity index (χ4v) is 2.51. The van der Waals surface area contributed by atoms with Crippen LogP contribution >= 0.6 is 0 Å². The van der Waals surface area contributed by atoms with E-state index < -0.39 is 10.0 Å². The molecule has 0 aromatic heterocycles. The summed E-state index contributed by atoms with van der Waals surface area (Å²) in [5.74, 6) is 0.402. The second-order valence-corrected chi connectivity index (χ2v) is 7.37. The first-order valence-corrected chi connectivity index (χ1v) is 9.35. The molecule has 6 nitrogen and oxygen atoms in total. The Labute approximate surface area is 147 Å². The Balaban J connectivity index is 2.04. The summed E-state index contributed by atoms with van der Waals surface area (Å²) in [6, 6.07) is 13.3. The third-order valence-electron chi connectivity index (χ3n) is 3.47. The van der Waals surface area contributed by atoms with Crippen molar-refractivity contribution in [2.45, 2.75) is 0 Å². The van der Waals surface area contributed by atoms with Crippen molar-refractivity contribution in [2.24, 2.45) is 0 Å². The first kappa shape index (κ1) is 18.5. The normalized spacial score (nSPS) is 10.8. The van der Waals surface area contributed by atoms with Gasteiger partial charge in [-0.25, -0.2) is 8.42 Å². The van der Waals surface area contributed by atoms with Crippen LogP contribution in [0.1, 0.15) is 10.4 Å². The highest BCUT2D eigenvalue weighted by Gasteiger charge is 2.13. The summed E-state index contributed by atoms with van der Waals surface area (Å²) in [7, 11) is -1.87. The zero-order valence-electron chi connectivity index (χ0n) is 14.1. The second kappa shape index (κ2) is 7.85. The van der Waals surface area contributed by atoms with Crippen molar-refractivity contribution in [3.05, 3.63) is 66.7 Å². The molecule has 0 unspecified atom stereocenters. The number of nitrogens with one attached hydrogen (secondary N) is 1. The van der Waals surface area contributed by atoms with Crippen LogP contribution in [0.2, 0.25) is 0 Å².